The quantitative estimate of drug-likeness (QED) is 0.419. The third kappa shape index (κ3) is 3.87. The van der Waals surface area contributed by atoms with E-state index in [1.54, 1.807) is 27.7 Å². The Morgan fingerprint density at radius 3 is 1.20 bits per heavy atom. The van der Waals surface area contributed by atoms with Crippen LogP contribution in [0.5, 0.6) is 11.5 Å². The van der Waals surface area contributed by atoms with Gasteiger partial charge in [0.2, 0.25) is 0 Å². The number of nitrogen functional groups attached to an aromatic ring is 2. The molecule has 30 heavy (non-hydrogen) atoms. The van der Waals surface area contributed by atoms with Gasteiger partial charge in [-0.15, -0.1) is 0 Å². The molecule has 0 amide bonds. The fourth-order valence-electron chi connectivity index (χ4n) is 3.31. The third-order valence-corrected chi connectivity index (χ3v) is 5.15. The van der Waals surface area contributed by atoms with Gasteiger partial charge >= 0.3 is 11.8 Å². The van der Waals surface area contributed by atoms with Crippen molar-refractivity contribution in [1.82, 2.24) is 0 Å². The Morgan fingerprint density at radius 1 is 0.667 bits per heavy atom. The summed E-state index contributed by atoms with van der Waals surface area (Å²) in [5, 5.41) is 0. The molecule has 0 heterocycles. The van der Waals surface area contributed by atoms with Crippen LogP contribution in [-0.2, 0) is 11.8 Å². The van der Waals surface area contributed by atoms with Gasteiger partial charge in [0, 0.05) is 11.1 Å². The van der Waals surface area contributed by atoms with E-state index in [2.05, 4.69) is 0 Å². The Balaban J connectivity index is 2.73. The molecule has 4 N–H and O–H groups in total. The monoisotopic (exact) mass is 428 g/mol. The molecule has 2 aromatic carbocycles. The van der Waals surface area contributed by atoms with E-state index in [9.17, 15) is 0 Å². The van der Waals surface area contributed by atoms with Crippen molar-refractivity contribution in [1.29, 1.82) is 0 Å². The molecule has 4 nitrogen and oxygen atoms in total. The minimum atomic E-state index is -4.55. The van der Waals surface area contributed by atoms with Crippen LogP contribution in [0, 0.1) is 0 Å². The second-order valence-electron chi connectivity index (χ2n) is 7.82. The molecule has 0 spiro atoms. The summed E-state index contributed by atoms with van der Waals surface area (Å²) < 4.78 is 71.2. The predicted molar refractivity (Wildman–Crippen MR) is 111 cm³/mol. The summed E-state index contributed by atoms with van der Waals surface area (Å²) in [6.07, 6.45) is 0. The fourth-order valence-corrected chi connectivity index (χ4v) is 3.31. The molecule has 0 saturated heterocycles. The number of hydrogen-bond donors (Lipinski definition) is 2. The Bertz CT molecular complexity index is 852. The number of hydrogen-bond acceptors (Lipinski definition) is 4. The molecule has 0 aliphatic heterocycles. The van der Waals surface area contributed by atoms with Gasteiger partial charge in [-0.3, -0.25) is 0 Å². The number of methoxy groups -OCH3 is 2. The van der Waals surface area contributed by atoms with Crippen LogP contribution in [-0.4, -0.2) is 14.2 Å². The van der Waals surface area contributed by atoms with Crippen molar-refractivity contribution in [3.8, 4) is 11.5 Å². The minimum absolute atomic E-state index is 0.0792. The Labute approximate surface area is 174 Å². The minimum Gasteiger partial charge on any atom is -0.495 e. The molecule has 0 atom stereocenters. The van der Waals surface area contributed by atoms with Crippen molar-refractivity contribution in [2.75, 3.05) is 25.7 Å². The van der Waals surface area contributed by atoms with E-state index < -0.39 is 23.0 Å². The zero-order valence-electron chi connectivity index (χ0n) is 17.9. The van der Waals surface area contributed by atoms with E-state index in [-0.39, 0.29) is 34.7 Å². The number of benzene rings is 2. The molecule has 0 saturated carbocycles. The summed E-state index contributed by atoms with van der Waals surface area (Å²) in [6.45, 7) is 6.91. The van der Waals surface area contributed by atoms with Gasteiger partial charge in [-0.2, -0.15) is 17.6 Å². The molecule has 0 aliphatic rings. The van der Waals surface area contributed by atoms with E-state index in [1.807, 2.05) is 0 Å². The van der Waals surface area contributed by atoms with Gasteiger partial charge in [0.25, 0.3) is 0 Å². The first-order valence-electron chi connectivity index (χ1n) is 9.50. The summed E-state index contributed by atoms with van der Waals surface area (Å²) in [5.74, 6) is -9.80. The van der Waals surface area contributed by atoms with Crippen LogP contribution in [0.3, 0.4) is 0 Å². The first kappa shape index (κ1) is 23.6. The lowest BCUT2D eigenvalue weighted by Gasteiger charge is -2.30. The smallest absolute Gasteiger partial charge is 0.339 e. The molecular formula is C22H28F4N2O2. The lowest BCUT2D eigenvalue weighted by Crippen LogP contribution is -2.36. The molecule has 166 valence electrons. The van der Waals surface area contributed by atoms with Crippen molar-refractivity contribution in [3.05, 3.63) is 46.5 Å². The van der Waals surface area contributed by atoms with Gasteiger partial charge in [-0.1, -0.05) is 27.7 Å². The zero-order chi connectivity index (χ0) is 23.0. The summed E-state index contributed by atoms with van der Waals surface area (Å²) in [7, 11) is 2.49. The summed E-state index contributed by atoms with van der Waals surface area (Å²) in [6, 6.07) is 3.72. The number of rotatable bonds is 7. The number of halogens is 4. The van der Waals surface area contributed by atoms with E-state index in [4.69, 9.17) is 20.9 Å². The first-order valence-corrected chi connectivity index (χ1v) is 9.50. The van der Waals surface area contributed by atoms with E-state index in [0.29, 0.717) is 11.1 Å². The van der Waals surface area contributed by atoms with Crippen molar-refractivity contribution in [2.45, 2.75) is 51.4 Å². The van der Waals surface area contributed by atoms with Crippen molar-refractivity contribution in [3.63, 3.8) is 0 Å². The van der Waals surface area contributed by atoms with Gasteiger partial charge in [-0.05, 0) is 47.2 Å². The average molecular weight is 428 g/mol. The number of nitrogens with two attached hydrogens (primary N) is 2. The summed E-state index contributed by atoms with van der Waals surface area (Å²) in [5.41, 5.74) is 11.0. The lowest BCUT2D eigenvalue weighted by atomic mass is 9.89. The number of ether oxygens (including phenoxy) is 2. The highest BCUT2D eigenvalue weighted by atomic mass is 19.3. The fraction of sp³-hybridized carbons (Fsp3) is 0.455. The van der Waals surface area contributed by atoms with Crippen LogP contribution in [0.1, 0.15) is 61.8 Å². The Kier molecular flexibility index (Phi) is 6.49. The maximum absolute atomic E-state index is 15.3. The second-order valence-corrected chi connectivity index (χ2v) is 7.82. The van der Waals surface area contributed by atoms with Gasteiger partial charge in [0.15, 0.2) is 0 Å². The molecule has 8 heteroatoms. The molecule has 0 aliphatic carbocycles. The van der Waals surface area contributed by atoms with Crippen molar-refractivity contribution < 1.29 is 27.0 Å². The number of alkyl halides is 4. The standard InChI is InChI=1S/C22H28F4N2O2/c1-11(2)15-7-13(9-17(29-5)19(15)27)21(23,24)22(25,26)14-8-16(12(3)4)20(28)18(10-14)30-6/h7-12H,27-28H2,1-6H3. The summed E-state index contributed by atoms with van der Waals surface area (Å²) >= 11 is 0. The van der Waals surface area contributed by atoms with E-state index in [0.717, 1.165) is 24.3 Å². The number of anilines is 2. The highest BCUT2D eigenvalue weighted by Gasteiger charge is 2.59. The van der Waals surface area contributed by atoms with E-state index >= 15 is 17.6 Å². The van der Waals surface area contributed by atoms with E-state index in [1.165, 1.54) is 14.2 Å². The zero-order valence-corrected chi connectivity index (χ0v) is 17.9. The van der Waals surface area contributed by atoms with Gasteiger partial charge < -0.3 is 20.9 Å². The topological polar surface area (TPSA) is 70.5 Å². The highest BCUT2D eigenvalue weighted by molar-refractivity contribution is 5.64. The molecule has 0 aromatic heterocycles. The molecule has 2 rings (SSSR count). The van der Waals surface area contributed by atoms with Gasteiger partial charge in [-0.25, -0.2) is 0 Å². The highest BCUT2D eigenvalue weighted by Crippen LogP contribution is 2.52. The molecule has 0 fully saturated rings. The Morgan fingerprint density at radius 2 is 0.967 bits per heavy atom. The van der Waals surface area contributed by atoms with Crippen LogP contribution < -0.4 is 20.9 Å². The van der Waals surface area contributed by atoms with Crippen LogP contribution in [0.25, 0.3) is 0 Å². The molecule has 2 aromatic rings. The third-order valence-electron chi connectivity index (χ3n) is 5.15. The van der Waals surface area contributed by atoms with Crippen LogP contribution >= 0.6 is 0 Å². The maximum atomic E-state index is 15.3. The van der Waals surface area contributed by atoms with Gasteiger partial charge in [0.05, 0.1) is 25.6 Å². The largest absolute Gasteiger partial charge is 0.495 e. The molecular weight excluding hydrogens is 400 g/mol. The predicted octanol–water partition coefficient (Wildman–Crippen LogP) is 6.00. The lowest BCUT2D eigenvalue weighted by molar-refractivity contribution is -0.224. The molecule has 0 unspecified atom stereocenters. The summed E-state index contributed by atoms with van der Waals surface area (Å²) in [4.78, 5) is 0. The van der Waals surface area contributed by atoms with Crippen molar-refractivity contribution >= 4 is 11.4 Å². The second kappa shape index (κ2) is 8.24. The molecule has 0 radical (unpaired) electrons. The maximum Gasteiger partial charge on any atom is 0.339 e. The normalized spacial score (nSPS) is 12.5. The van der Waals surface area contributed by atoms with Crippen LogP contribution in [0.15, 0.2) is 24.3 Å². The average Bonchev–Trinajstić information content (AvgIpc) is 2.67. The SMILES string of the molecule is COc1cc(C(F)(F)C(F)(F)c2cc(OC)c(N)c(C(C)C)c2)cc(C(C)C)c1N. The van der Waals surface area contributed by atoms with Crippen LogP contribution in [0.2, 0.25) is 0 Å². The van der Waals surface area contributed by atoms with Crippen LogP contribution in [0.4, 0.5) is 28.9 Å². The van der Waals surface area contributed by atoms with Crippen molar-refractivity contribution in [2.24, 2.45) is 0 Å². The Hall–Kier alpha value is -2.64. The van der Waals surface area contributed by atoms with Gasteiger partial charge in [0.1, 0.15) is 11.5 Å². The first-order chi connectivity index (χ1) is 13.8. The molecule has 0 bridgehead atoms.